The van der Waals surface area contributed by atoms with Crippen molar-refractivity contribution < 1.29 is 0 Å². The largest absolute Gasteiger partial charge is 0.335 e. The maximum Gasteiger partial charge on any atom is 0.161 e. The van der Waals surface area contributed by atoms with Gasteiger partial charge in [-0.25, -0.2) is 0 Å². The van der Waals surface area contributed by atoms with E-state index in [0.29, 0.717) is 6.04 Å². The van der Waals surface area contributed by atoms with Gasteiger partial charge in [0, 0.05) is 15.9 Å². The fraction of sp³-hybridized carbons (Fsp3) is 0.500. The quantitative estimate of drug-likeness (QED) is 0.825. The molecule has 1 aliphatic carbocycles. The second-order valence-electron chi connectivity index (χ2n) is 5.15. The average Bonchev–Trinajstić information content (AvgIpc) is 2.74. The number of aliphatic imine (C=N–C) groups is 1. The van der Waals surface area contributed by atoms with E-state index in [9.17, 15) is 0 Å². The Bertz CT molecular complexity index is 466. The van der Waals surface area contributed by atoms with Gasteiger partial charge in [0.2, 0.25) is 0 Å². The summed E-state index contributed by atoms with van der Waals surface area (Å²) in [4.78, 5) is 4.85. The lowest BCUT2D eigenvalue weighted by Crippen LogP contribution is -2.25. The molecule has 1 aromatic rings. The summed E-state index contributed by atoms with van der Waals surface area (Å²) in [6.07, 6.45) is 3.99. The first-order chi connectivity index (χ1) is 8.70. The predicted molar refractivity (Wildman–Crippen MR) is 83.5 cm³/mol. The molecule has 18 heavy (non-hydrogen) atoms. The fourth-order valence-electron chi connectivity index (χ4n) is 2.76. The van der Waals surface area contributed by atoms with Gasteiger partial charge in [-0.1, -0.05) is 34.1 Å². The zero-order valence-electron chi connectivity index (χ0n) is 10.4. The molecule has 0 amide bonds. The molecule has 1 aliphatic heterocycles. The van der Waals surface area contributed by atoms with Crippen LogP contribution in [0.2, 0.25) is 0 Å². The highest BCUT2D eigenvalue weighted by Gasteiger charge is 2.30. The Kier molecular flexibility index (Phi) is 3.66. The Morgan fingerprint density at radius 2 is 2.22 bits per heavy atom. The van der Waals surface area contributed by atoms with Crippen molar-refractivity contribution in [2.75, 3.05) is 11.1 Å². The zero-order valence-corrected chi connectivity index (χ0v) is 12.9. The zero-order chi connectivity index (χ0) is 12.5. The van der Waals surface area contributed by atoms with E-state index in [1.165, 1.54) is 30.6 Å². The summed E-state index contributed by atoms with van der Waals surface area (Å²) >= 11 is 5.41. The maximum atomic E-state index is 4.85. The van der Waals surface area contributed by atoms with Gasteiger partial charge in [-0.15, -0.1) is 0 Å². The van der Waals surface area contributed by atoms with E-state index >= 15 is 0 Å². The summed E-state index contributed by atoms with van der Waals surface area (Å²) in [7, 11) is 0. The fourth-order valence-corrected chi connectivity index (χ4v) is 4.52. The molecule has 0 aromatic heterocycles. The molecule has 96 valence electrons. The number of benzene rings is 1. The third kappa shape index (κ3) is 2.75. The number of hydrogen-bond donors (Lipinski definition) is 1. The SMILES string of the molecule is Cc1cc(Br)cc(NC2=NC3CCCC3CS2)c1. The molecule has 1 saturated carbocycles. The van der Waals surface area contributed by atoms with Gasteiger partial charge in [0.15, 0.2) is 5.17 Å². The van der Waals surface area contributed by atoms with Crippen LogP contribution in [0.1, 0.15) is 24.8 Å². The van der Waals surface area contributed by atoms with Crippen molar-refractivity contribution in [2.24, 2.45) is 10.9 Å². The number of aryl methyl sites for hydroxylation is 1. The summed E-state index contributed by atoms with van der Waals surface area (Å²) < 4.78 is 1.12. The van der Waals surface area contributed by atoms with Gasteiger partial charge in [-0.2, -0.15) is 0 Å². The minimum atomic E-state index is 0.571. The Labute approximate surface area is 121 Å². The van der Waals surface area contributed by atoms with Crippen LogP contribution >= 0.6 is 27.7 Å². The van der Waals surface area contributed by atoms with Crippen LogP contribution in [-0.4, -0.2) is 17.0 Å². The lowest BCUT2D eigenvalue weighted by Gasteiger charge is -2.23. The minimum Gasteiger partial charge on any atom is -0.335 e. The van der Waals surface area contributed by atoms with E-state index < -0.39 is 0 Å². The van der Waals surface area contributed by atoms with Crippen molar-refractivity contribution in [1.82, 2.24) is 0 Å². The van der Waals surface area contributed by atoms with Gasteiger partial charge in [0.05, 0.1) is 6.04 Å². The molecule has 0 bridgehead atoms. The van der Waals surface area contributed by atoms with Gasteiger partial charge in [0.25, 0.3) is 0 Å². The third-order valence-electron chi connectivity index (χ3n) is 3.63. The lowest BCUT2D eigenvalue weighted by molar-refractivity contribution is 0.535. The summed E-state index contributed by atoms with van der Waals surface area (Å²) in [5.41, 5.74) is 2.39. The standard InChI is InChI=1S/C14H17BrN2S/c1-9-5-11(15)7-12(6-9)16-14-17-13-4-2-3-10(13)8-18-14/h5-7,10,13H,2-4,8H2,1H3,(H,16,17). The van der Waals surface area contributed by atoms with Crippen LogP contribution < -0.4 is 5.32 Å². The molecule has 2 unspecified atom stereocenters. The van der Waals surface area contributed by atoms with Crippen LogP contribution in [0.5, 0.6) is 0 Å². The smallest absolute Gasteiger partial charge is 0.161 e. The molecule has 2 atom stereocenters. The molecule has 0 radical (unpaired) electrons. The van der Waals surface area contributed by atoms with Crippen LogP contribution in [0.4, 0.5) is 5.69 Å². The van der Waals surface area contributed by atoms with Crippen molar-refractivity contribution in [1.29, 1.82) is 0 Å². The number of amidine groups is 1. The summed E-state index contributed by atoms with van der Waals surface area (Å²) in [5.74, 6) is 2.05. The van der Waals surface area contributed by atoms with Crippen molar-refractivity contribution in [3.63, 3.8) is 0 Å². The number of halogens is 1. The van der Waals surface area contributed by atoms with E-state index in [4.69, 9.17) is 4.99 Å². The Balaban J connectivity index is 1.76. The topological polar surface area (TPSA) is 24.4 Å². The molecule has 0 saturated heterocycles. The average molecular weight is 325 g/mol. The first-order valence-electron chi connectivity index (χ1n) is 6.45. The maximum absolute atomic E-state index is 4.85. The number of hydrogen-bond acceptors (Lipinski definition) is 3. The molecular weight excluding hydrogens is 308 g/mol. The number of fused-ring (bicyclic) bond motifs is 1. The molecule has 3 rings (SSSR count). The van der Waals surface area contributed by atoms with E-state index in [1.807, 2.05) is 11.8 Å². The molecule has 4 heteroatoms. The molecular formula is C14H17BrN2S. The molecule has 1 fully saturated rings. The highest BCUT2D eigenvalue weighted by molar-refractivity contribution is 9.10. The molecule has 2 nitrogen and oxygen atoms in total. The number of thioether (sulfide) groups is 1. The van der Waals surface area contributed by atoms with Crippen molar-refractivity contribution >= 4 is 38.5 Å². The first kappa shape index (κ1) is 12.5. The summed E-state index contributed by atoms with van der Waals surface area (Å²) in [6.45, 7) is 2.11. The highest BCUT2D eigenvalue weighted by atomic mass is 79.9. The van der Waals surface area contributed by atoms with E-state index in [2.05, 4.69) is 46.4 Å². The Morgan fingerprint density at radius 1 is 1.33 bits per heavy atom. The predicted octanol–water partition coefficient (Wildman–Crippen LogP) is 4.44. The van der Waals surface area contributed by atoms with Gasteiger partial charge in [0.1, 0.15) is 0 Å². The van der Waals surface area contributed by atoms with Crippen LogP contribution in [0.15, 0.2) is 27.7 Å². The molecule has 0 spiro atoms. The van der Waals surface area contributed by atoms with Crippen molar-refractivity contribution in [3.8, 4) is 0 Å². The van der Waals surface area contributed by atoms with Crippen LogP contribution in [0, 0.1) is 12.8 Å². The molecule has 1 aromatic carbocycles. The summed E-state index contributed by atoms with van der Waals surface area (Å²) in [6, 6.07) is 6.96. The van der Waals surface area contributed by atoms with Crippen LogP contribution in [0.25, 0.3) is 0 Å². The Morgan fingerprint density at radius 3 is 3.06 bits per heavy atom. The van der Waals surface area contributed by atoms with Crippen LogP contribution in [0.3, 0.4) is 0 Å². The Hall–Kier alpha value is -0.480. The van der Waals surface area contributed by atoms with Gasteiger partial charge in [-0.3, -0.25) is 4.99 Å². The number of nitrogens with one attached hydrogen (secondary N) is 1. The minimum absolute atomic E-state index is 0.571. The highest BCUT2D eigenvalue weighted by Crippen LogP contribution is 2.35. The third-order valence-corrected chi connectivity index (χ3v) is 5.16. The van der Waals surface area contributed by atoms with E-state index in [-0.39, 0.29) is 0 Å². The molecule has 2 aliphatic rings. The second kappa shape index (κ2) is 5.25. The second-order valence-corrected chi connectivity index (χ2v) is 7.07. The number of rotatable bonds is 1. The molecule has 1 N–H and O–H groups in total. The van der Waals surface area contributed by atoms with E-state index in [0.717, 1.165) is 21.2 Å². The number of nitrogens with zero attached hydrogens (tertiary/aromatic N) is 1. The van der Waals surface area contributed by atoms with Crippen molar-refractivity contribution in [2.45, 2.75) is 32.2 Å². The van der Waals surface area contributed by atoms with Gasteiger partial charge >= 0.3 is 0 Å². The summed E-state index contributed by atoms with van der Waals surface area (Å²) in [5, 5.41) is 4.55. The van der Waals surface area contributed by atoms with E-state index in [1.54, 1.807) is 0 Å². The van der Waals surface area contributed by atoms with Gasteiger partial charge < -0.3 is 5.32 Å². The monoisotopic (exact) mass is 324 g/mol. The van der Waals surface area contributed by atoms with Crippen molar-refractivity contribution in [3.05, 3.63) is 28.2 Å². The lowest BCUT2D eigenvalue weighted by atomic mass is 10.1. The number of anilines is 1. The molecule has 1 heterocycles. The first-order valence-corrected chi connectivity index (χ1v) is 8.23. The van der Waals surface area contributed by atoms with Gasteiger partial charge in [-0.05, 0) is 49.4 Å². The van der Waals surface area contributed by atoms with Crippen LogP contribution in [-0.2, 0) is 0 Å². The normalized spacial score (nSPS) is 26.7.